The third-order valence-corrected chi connectivity index (χ3v) is 5.44. The van der Waals surface area contributed by atoms with Crippen molar-refractivity contribution in [3.63, 3.8) is 0 Å². The van der Waals surface area contributed by atoms with Crippen LogP contribution in [0.2, 0.25) is 0 Å². The van der Waals surface area contributed by atoms with E-state index in [-0.39, 0.29) is 5.25 Å². The van der Waals surface area contributed by atoms with Gasteiger partial charge in [-0.15, -0.1) is 0 Å². The number of aromatic nitrogens is 1. The van der Waals surface area contributed by atoms with Gasteiger partial charge in [0.15, 0.2) is 0 Å². The number of hydrogen-bond acceptors (Lipinski definition) is 4. The predicted octanol–water partition coefficient (Wildman–Crippen LogP) is 1.36. The van der Waals surface area contributed by atoms with Crippen molar-refractivity contribution in [2.75, 3.05) is 25.0 Å². The minimum atomic E-state index is -3.20. The van der Waals surface area contributed by atoms with Gasteiger partial charge in [-0.05, 0) is 48.0 Å². The zero-order valence-electron chi connectivity index (χ0n) is 10.1. The molecule has 0 amide bonds. The summed E-state index contributed by atoms with van der Waals surface area (Å²) in [4.78, 5) is 6.33. The van der Waals surface area contributed by atoms with Gasteiger partial charge in [-0.25, -0.2) is 18.1 Å². The molecule has 1 aliphatic heterocycles. The second-order valence-electron chi connectivity index (χ2n) is 4.29. The lowest BCUT2D eigenvalue weighted by atomic mass is 10.1. The van der Waals surface area contributed by atoms with E-state index in [1.165, 1.54) is 7.05 Å². The standard InChI is InChI=1S/C11H16BrN3O2S/c1-13-18(16,17)10-3-2-6-15(8-10)11-5-4-9(12)7-14-11/h4-5,7,10,13H,2-3,6,8H2,1H3. The SMILES string of the molecule is CNS(=O)(=O)C1CCCN(c2ccc(Br)cn2)C1. The molecule has 7 heteroatoms. The first-order chi connectivity index (χ1) is 8.53. The van der Waals surface area contributed by atoms with Crippen LogP contribution in [-0.4, -0.2) is 38.8 Å². The highest BCUT2D eigenvalue weighted by Gasteiger charge is 2.30. The number of nitrogens with one attached hydrogen (secondary N) is 1. The smallest absolute Gasteiger partial charge is 0.215 e. The van der Waals surface area contributed by atoms with E-state index in [1.807, 2.05) is 17.0 Å². The molecule has 0 aliphatic carbocycles. The molecule has 0 radical (unpaired) electrons. The van der Waals surface area contributed by atoms with E-state index in [9.17, 15) is 8.42 Å². The maximum Gasteiger partial charge on any atom is 0.215 e. The van der Waals surface area contributed by atoms with Gasteiger partial charge in [-0.2, -0.15) is 0 Å². The highest BCUT2D eigenvalue weighted by Crippen LogP contribution is 2.22. The molecule has 1 aromatic rings. The number of anilines is 1. The van der Waals surface area contributed by atoms with Crippen molar-refractivity contribution in [3.05, 3.63) is 22.8 Å². The molecule has 0 aromatic carbocycles. The molecule has 0 saturated carbocycles. The van der Waals surface area contributed by atoms with Crippen LogP contribution in [-0.2, 0) is 10.0 Å². The largest absolute Gasteiger partial charge is 0.355 e. The van der Waals surface area contributed by atoms with Crippen molar-refractivity contribution in [1.29, 1.82) is 0 Å². The molecule has 2 rings (SSSR count). The first kappa shape index (κ1) is 13.8. The zero-order chi connectivity index (χ0) is 13.2. The maximum absolute atomic E-state index is 11.8. The van der Waals surface area contributed by atoms with Crippen LogP contribution < -0.4 is 9.62 Å². The van der Waals surface area contributed by atoms with Gasteiger partial charge in [-0.3, -0.25) is 0 Å². The predicted molar refractivity (Wildman–Crippen MR) is 75.2 cm³/mol. The van der Waals surface area contributed by atoms with Crippen LogP contribution >= 0.6 is 15.9 Å². The summed E-state index contributed by atoms with van der Waals surface area (Å²) in [6.07, 6.45) is 3.30. The Bertz CT molecular complexity index is 504. The number of nitrogens with zero attached hydrogens (tertiary/aromatic N) is 2. The highest BCUT2D eigenvalue weighted by atomic mass is 79.9. The van der Waals surface area contributed by atoms with Crippen LogP contribution in [0.15, 0.2) is 22.8 Å². The van der Waals surface area contributed by atoms with Crippen molar-refractivity contribution >= 4 is 31.8 Å². The molecule has 1 aliphatic rings. The lowest BCUT2D eigenvalue weighted by molar-refractivity contribution is 0.524. The first-order valence-corrected chi connectivity index (χ1v) is 8.16. The van der Waals surface area contributed by atoms with Gasteiger partial charge in [0.1, 0.15) is 5.82 Å². The van der Waals surface area contributed by atoms with E-state index in [4.69, 9.17) is 0 Å². The van der Waals surface area contributed by atoms with Gasteiger partial charge in [0, 0.05) is 23.8 Å². The van der Waals surface area contributed by atoms with Crippen molar-refractivity contribution in [1.82, 2.24) is 9.71 Å². The summed E-state index contributed by atoms with van der Waals surface area (Å²) < 4.78 is 27.0. The molecule has 1 saturated heterocycles. The summed E-state index contributed by atoms with van der Waals surface area (Å²) in [7, 11) is -1.73. The normalized spacial score (nSPS) is 21.0. The van der Waals surface area contributed by atoms with Crippen molar-refractivity contribution in [2.24, 2.45) is 0 Å². The van der Waals surface area contributed by atoms with E-state index in [0.29, 0.717) is 13.0 Å². The van der Waals surface area contributed by atoms with Gasteiger partial charge in [0.05, 0.1) is 5.25 Å². The van der Waals surface area contributed by atoms with Crippen molar-refractivity contribution in [3.8, 4) is 0 Å². The lowest BCUT2D eigenvalue weighted by Gasteiger charge is -2.32. The van der Waals surface area contributed by atoms with E-state index in [1.54, 1.807) is 6.20 Å². The summed E-state index contributed by atoms with van der Waals surface area (Å²) in [5, 5.41) is -0.360. The van der Waals surface area contributed by atoms with Gasteiger partial charge in [0.25, 0.3) is 0 Å². The molecular formula is C11H16BrN3O2S. The van der Waals surface area contributed by atoms with Crippen LogP contribution in [0.4, 0.5) is 5.82 Å². The second-order valence-corrected chi connectivity index (χ2v) is 7.37. The number of hydrogen-bond donors (Lipinski definition) is 1. The molecule has 1 aromatic heterocycles. The molecule has 18 heavy (non-hydrogen) atoms. The monoisotopic (exact) mass is 333 g/mol. The first-order valence-electron chi connectivity index (χ1n) is 5.82. The fourth-order valence-electron chi connectivity index (χ4n) is 2.12. The second kappa shape index (κ2) is 5.54. The highest BCUT2D eigenvalue weighted by molar-refractivity contribution is 9.10. The quantitative estimate of drug-likeness (QED) is 0.907. The van der Waals surface area contributed by atoms with Gasteiger partial charge < -0.3 is 4.90 Å². The average Bonchev–Trinajstić information content (AvgIpc) is 2.40. The van der Waals surface area contributed by atoms with Gasteiger partial charge >= 0.3 is 0 Å². The molecule has 100 valence electrons. The molecule has 1 fully saturated rings. The Balaban J connectivity index is 2.14. The summed E-state index contributed by atoms with van der Waals surface area (Å²) in [6, 6.07) is 3.82. The number of piperidine rings is 1. The van der Waals surface area contributed by atoms with E-state index >= 15 is 0 Å². The fourth-order valence-corrected chi connectivity index (χ4v) is 3.54. The number of rotatable bonds is 3. The summed E-state index contributed by atoms with van der Waals surface area (Å²) >= 11 is 3.34. The summed E-state index contributed by atoms with van der Waals surface area (Å²) in [6.45, 7) is 1.35. The Morgan fingerprint density at radius 1 is 1.50 bits per heavy atom. The van der Waals surface area contributed by atoms with Crippen LogP contribution in [0, 0.1) is 0 Å². The van der Waals surface area contributed by atoms with Crippen molar-refractivity contribution in [2.45, 2.75) is 18.1 Å². The van der Waals surface area contributed by atoms with Crippen LogP contribution in [0.5, 0.6) is 0 Å². The average molecular weight is 334 g/mol. The maximum atomic E-state index is 11.8. The molecular weight excluding hydrogens is 318 g/mol. The molecule has 1 atom stereocenters. The molecule has 1 N–H and O–H groups in total. The number of sulfonamides is 1. The Morgan fingerprint density at radius 2 is 2.28 bits per heavy atom. The van der Waals surface area contributed by atoms with Crippen LogP contribution in [0.3, 0.4) is 0 Å². The summed E-state index contributed by atoms with van der Waals surface area (Å²) in [5.74, 6) is 0.828. The Morgan fingerprint density at radius 3 is 2.89 bits per heavy atom. The molecule has 0 bridgehead atoms. The third kappa shape index (κ3) is 3.02. The topological polar surface area (TPSA) is 62.3 Å². The minimum absolute atomic E-state index is 0.360. The lowest BCUT2D eigenvalue weighted by Crippen LogP contribution is -2.45. The minimum Gasteiger partial charge on any atom is -0.355 e. The molecule has 1 unspecified atom stereocenters. The summed E-state index contributed by atoms with van der Waals surface area (Å²) in [5.41, 5.74) is 0. The number of halogens is 1. The fraction of sp³-hybridized carbons (Fsp3) is 0.545. The van der Waals surface area contributed by atoms with Crippen molar-refractivity contribution < 1.29 is 8.42 Å². The zero-order valence-corrected chi connectivity index (χ0v) is 12.5. The van der Waals surface area contributed by atoms with Crippen LogP contribution in [0.1, 0.15) is 12.8 Å². The van der Waals surface area contributed by atoms with Gasteiger partial charge in [0.2, 0.25) is 10.0 Å². The van der Waals surface area contributed by atoms with E-state index in [2.05, 4.69) is 25.6 Å². The molecule has 0 spiro atoms. The van der Waals surface area contributed by atoms with E-state index in [0.717, 1.165) is 23.3 Å². The molecule has 2 heterocycles. The Kier molecular flexibility index (Phi) is 4.24. The van der Waals surface area contributed by atoms with Gasteiger partial charge in [-0.1, -0.05) is 0 Å². The Hall–Kier alpha value is -0.660. The third-order valence-electron chi connectivity index (χ3n) is 3.14. The van der Waals surface area contributed by atoms with E-state index < -0.39 is 10.0 Å². The number of pyridine rings is 1. The Labute approximate surface area is 116 Å². The van der Waals surface area contributed by atoms with Crippen LogP contribution in [0.25, 0.3) is 0 Å². The molecule has 5 nitrogen and oxygen atoms in total.